The molecule has 1 unspecified atom stereocenters. The summed E-state index contributed by atoms with van der Waals surface area (Å²) in [6.07, 6.45) is 7.36. The molecule has 27 heavy (non-hydrogen) atoms. The fourth-order valence-corrected chi connectivity index (χ4v) is 3.50. The van der Waals surface area contributed by atoms with Gasteiger partial charge in [-0.1, -0.05) is 19.3 Å². The highest BCUT2D eigenvalue weighted by Gasteiger charge is 2.27. The van der Waals surface area contributed by atoms with Gasteiger partial charge in [0.15, 0.2) is 5.96 Å². The second kappa shape index (κ2) is 13.5. The van der Waals surface area contributed by atoms with Gasteiger partial charge in [-0.2, -0.15) is 0 Å². The highest BCUT2D eigenvalue weighted by atomic mass is 127. The molecule has 1 saturated heterocycles. The van der Waals surface area contributed by atoms with E-state index in [1.54, 1.807) is 26.1 Å². The van der Waals surface area contributed by atoms with Gasteiger partial charge in [0.1, 0.15) is 6.54 Å². The van der Waals surface area contributed by atoms with Crippen LogP contribution in [0.15, 0.2) is 4.99 Å². The summed E-state index contributed by atoms with van der Waals surface area (Å²) in [4.78, 5) is 20.5. The number of carbonyl (C=O) groups excluding carboxylic acids is 1. The summed E-state index contributed by atoms with van der Waals surface area (Å²) in [5.74, 6) is 1.44. The number of rotatable bonds is 8. The molecular formula is C19H37IN4O3. The molecule has 1 aliphatic heterocycles. The number of ether oxygens (including phenoxy) is 2. The minimum absolute atomic E-state index is 0. The van der Waals surface area contributed by atoms with Crippen LogP contribution in [0.2, 0.25) is 0 Å². The number of carbonyl (C=O) groups is 1. The first-order valence-corrected chi connectivity index (χ1v) is 9.93. The molecule has 0 spiro atoms. The Balaban J connectivity index is 0.00000364. The molecule has 2 rings (SSSR count). The van der Waals surface area contributed by atoms with E-state index in [2.05, 4.69) is 15.2 Å². The average Bonchev–Trinajstić information content (AvgIpc) is 3.11. The Hall–Kier alpha value is -0.610. The second-order valence-corrected chi connectivity index (χ2v) is 7.58. The highest BCUT2D eigenvalue weighted by Crippen LogP contribution is 2.20. The second-order valence-electron chi connectivity index (χ2n) is 7.58. The summed E-state index contributed by atoms with van der Waals surface area (Å²) in [7, 11) is 5.24. The standard InChI is InChI=1S/C19H36N4O3.HI/c1-22(2)18(24)13-20-19(21-17-7-5-4-6-8-17)23-10-9-16(14-23)15-26-12-11-25-3;/h16-17H,4-15H2,1-3H3,(H,20,21);1H. The Morgan fingerprint density at radius 2 is 1.93 bits per heavy atom. The number of amides is 1. The van der Waals surface area contributed by atoms with Crippen LogP contribution in [0.5, 0.6) is 0 Å². The third-order valence-corrected chi connectivity index (χ3v) is 5.17. The van der Waals surface area contributed by atoms with Crippen LogP contribution in [-0.4, -0.2) is 88.4 Å². The number of likely N-dealkylation sites (N-methyl/N-ethyl adjacent to an activating group) is 1. The van der Waals surface area contributed by atoms with Crippen molar-refractivity contribution in [2.45, 2.75) is 44.6 Å². The Morgan fingerprint density at radius 3 is 2.59 bits per heavy atom. The maximum atomic E-state index is 12.0. The van der Waals surface area contributed by atoms with Gasteiger partial charge >= 0.3 is 0 Å². The molecule has 1 heterocycles. The SMILES string of the molecule is COCCOCC1CCN(C(=NCC(=O)N(C)C)NC2CCCCC2)C1.I. The third-order valence-electron chi connectivity index (χ3n) is 5.17. The van der Waals surface area contributed by atoms with Crippen molar-refractivity contribution in [1.29, 1.82) is 0 Å². The highest BCUT2D eigenvalue weighted by molar-refractivity contribution is 14.0. The van der Waals surface area contributed by atoms with Crippen LogP contribution < -0.4 is 5.32 Å². The molecule has 1 atom stereocenters. The number of aliphatic imine (C=N–C) groups is 1. The predicted molar refractivity (Wildman–Crippen MR) is 119 cm³/mol. The molecule has 0 aromatic carbocycles. The molecular weight excluding hydrogens is 459 g/mol. The molecule has 2 aliphatic rings. The molecule has 158 valence electrons. The lowest BCUT2D eigenvalue weighted by molar-refractivity contribution is -0.127. The number of guanidine groups is 1. The zero-order chi connectivity index (χ0) is 18.8. The van der Waals surface area contributed by atoms with Crippen LogP contribution in [0, 0.1) is 5.92 Å². The van der Waals surface area contributed by atoms with Crippen LogP contribution in [0.1, 0.15) is 38.5 Å². The number of nitrogens with one attached hydrogen (secondary N) is 1. The van der Waals surface area contributed by atoms with Crippen molar-refractivity contribution < 1.29 is 14.3 Å². The first-order chi connectivity index (χ1) is 12.6. The van der Waals surface area contributed by atoms with Crippen molar-refractivity contribution in [3.63, 3.8) is 0 Å². The lowest BCUT2D eigenvalue weighted by Gasteiger charge is -2.29. The molecule has 1 N–H and O–H groups in total. The molecule has 0 aromatic rings. The Morgan fingerprint density at radius 1 is 1.19 bits per heavy atom. The molecule has 0 radical (unpaired) electrons. The number of hydrogen-bond acceptors (Lipinski definition) is 4. The molecule has 0 bridgehead atoms. The van der Waals surface area contributed by atoms with Crippen LogP contribution in [-0.2, 0) is 14.3 Å². The van der Waals surface area contributed by atoms with Crippen LogP contribution >= 0.6 is 24.0 Å². The summed E-state index contributed by atoms with van der Waals surface area (Å²) in [6.45, 7) is 4.14. The summed E-state index contributed by atoms with van der Waals surface area (Å²) >= 11 is 0. The summed E-state index contributed by atoms with van der Waals surface area (Å²) in [6, 6.07) is 0.481. The minimum atomic E-state index is 0. The van der Waals surface area contributed by atoms with Crippen LogP contribution in [0.25, 0.3) is 0 Å². The topological polar surface area (TPSA) is 66.4 Å². The maximum Gasteiger partial charge on any atom is 0.243 e. The normalized spacial score (nSPS) is 21.1. The lowest BCUT2D eigenvalue weighted by Crippen LogP contribution is -2.46. The van der Waals surface area contributed by atoms with Gasteiger partial charge in [-0.25, -0.2) is 4.99 Å². The zero-order valence-corrected chi connectivity index (χ0v) is 19.4. The van der Waals surface area contributed by atoms with Crippen LogP contribution in [0.4, 0.5) is 0 Å². The number of halogens is 1. The van der Waals surface area contributed by atoms with Gasteiger partial charge in [-0.3, -0.25) is 4.79 Å². The molecule has 2 fully saturated rings. The Labute approximate surface area is 181 Å². The summed E-state index contributed by atoms with van der Waals surface area (Å²) in [5.41, 5.74) is 0. The van der Waals surface area contributed by atoms with Gasteiger partial charge in [0, 0.05) is 46.3 Å². The van der Waals surface area contributed by atoms with Crippen molar-refractivity contribution in [3.05, 3.63) is 0 Å². The Bertz CT molecular complexity index is 456. The van der Waals surface area contributed by atoms with E-state index in [0.29, 0.717) is 25.2 Å². The lowest BCUT2D eigenvalue weighted by atomic mass is 9.96. The van der Waals surface area contributed by atoms with Gasteiger partial charge in [-0.05, 0) is 19.3 Å². The van der Waals surface area contributed by atoms with Crippen LogP contribution in [0.3, 0.4) is 0 Å². The summed E-state index contributed by atoms with van der Waals surface area (Å²) < 4.78 is 10.7. The Kier molecular flexibility index (Phi) is 12.3. The van der Waals surface area contributed by atoms with E-state index in [1.807, 2.05) is 0 Å². The smallest absolute Gasteiger partial charge is 0.243 e. The largest absolute Gasteiger partial charge is 0.382 e. The van der Waals surface area contributed by atoms with Gasteiger partial charge in [0.25, 0.3) is 0 Å². The molecule has 8 heteroatoms. The molecule has 7 nitrogen and oxygen atoms in total. The van der Waals surface area contributed by atoms with Gasteiger partial charge < -0.3 is 24.6 Å². The first-order valence-electron chi connectivity index (χ1n) is 9.93. The monoisotopic (exact) mass is 496 g/mol. The van der Waals surface area contributed by atoms with E-state index in [0.717, 1.165) is 32.1 Å². The van der Waals surface area contributed by atoms with Crippen molar-refractivity contribution in [2.24, 2.45) is 10.9 Å². The molecule has 0 aromatic heterocycles. The fraction of sp³-hybridized carbons (Fsp3) is 0.895. The van der Waals surface area contributed by atoms with E-state index >= 15 is 0 Å². The molecule has 1 amide bonds. The summed E-state index contributed by atoms with van der Waals surface area (Å²) in [5, 5.41) is 3.63. The first kappa shape index (κ1) is 24.4. The minimum Gasteiger partial charge on any atom is -0.382 e. The maximum absolute atomic E-state index is 12.0. The number of methoxy groups -OCH3 is 1. The molecule has 1 saturated carbocycles. The van der Waals surface area contributed by atoms with E-state index in [4.69, 9.17) is 9.47 Å². The zero-order valence-electron chi connectivity index (χ0n) is 17.1. The quantitative estimate of drug-likeness (QED) is 0.241. The van der Waals surface area contributed by atoms with E-state index in [9.17, 15) is 4.79 Å². The van der Waals surface area contributed by atoms with E-state index in [1.165, 1.54) is 32.1 Å². The number of nitrogens with zero attached hydrogens (tertiary/aromatic N) is 3. The third kappa shape index (κ3) is 8.95. The average molecular weight is 496 g/mol. The van der Waals surface area contributed by atoms with Crippen molar-refractivity contribution in [2.75, 3.05) is 60.7 Å². The fourth-order valence-electron chi connectivity index (χ4n) is 3.50. The predicted octanol–water partition coefficient (Wildman–Crippen LogP) is 1.96. The number of likely N-dealkylation sites (tertiary alicyclic amines) is 1. The van der Waals surface area contributed by atoms with Crippen molar-refractivity contribution in [1.82, 2.24) is 15.1 Å². The van der Waals surface area contributed by atoms with Gasteiger partial charge in [0.05, 0.1) is 19.8 Å². The van der Waals surface area contributed by atoms with Crippen molar-refractivity contribution in [3.8, 4) is 0 Å². The van der Waals surface area contributed by atoms with Crippen molar-refractivity contribution >= 4 is 35.8 Å². The van der Waals surface area contributed by atoms with Gasteiger partial charge in [0.2, 0.25) is 5.91 Å². The van der Waals surface area contributed by atoms with Gasteiger partial charge in [-0.15, -0.1) is 24.0 Å². The number of hydrogen-bond donors (Lipinski definition) is 1. The molecule has 1 aliphatic carbocycles. The van der Waals surface area contributed by atoms with E-state index in [-0.39, 0.29) is 36.4 Å². The van der Waals surface area contributed by atoms with E-state index < -0.39 is 0 Å².